The van der Waals surface area contributed by atoms with Crippen LogP contribution in [0.15, 0.2) is 22.7 Å². The van der Waals surface area contributed by atoms with Crippen LogP contribution in [0.1, 0.15) is 44.9 Å². The average Bonchev–Trinajstić information content (AvgIpc) is 2.33. The fourth-order valence-corrected chi connectivity index (χ4v) is 2.92. The number of benzene rings is 1. The molecule has 104 valence electrons. The van der Waals surface area contributed by atoms with Crippen LogP contribution in [0.3, 0.4) is 0 Å². The van der Waals surface area contributed by atoms with Crippen LogP contribution in [0.25, 0.3) is 0 Å². The molecule has 0 spiro atoms. The second-order valence-electron chi connectivity index (χ2n) is 5.16. The molecule has 1 aliphatic rings. The zero-order chi connectivity index (χ0) is 13.7. The van der Waals surface area contributed by atoms with Gasteiger partial charge in [-0.05, 0) is 47.0 Å². The predicted molar refractivity (Wildman–Crippen MR) is 78.5 cm³/mol. The van der Waals surface area contributed by atoms with Crippen molar-refractivity contribution < 1.29 is 9.18 Å². The first-order chi connectivity index (χ1) is 9.16. The lowest BCUT2D eigenvalue weighted by molar-refractivity contribution is -0.120. The van der Waals surface area contributed by atoms with Gasteiger partial charge >= 0.3 is 0 Å². The van der Waals surface area contributed by atoms with Crippen molar-refractivity contribution in [2.24, 2.45) is 5.92 Å². The Hall–Kier alpha value is -0.900. The van der Waals surface area contributed by atoms with Gasteiger partial charge in [0.1, 0.15) is 5.82 Å². The third kappa shape index (κ3) is 4.30. The Balaban J connectivity index is 1.96. The number of halogens is 2. The van der Waals surface area contributed by atoms with Crippen LogP contribution in [0, 0.1) is 11.7 Å². The number of rotatable bonds is 2. The number of nitrogens with one attached hydrogen (secondary N) is 1. The van der Waals surface area contributed by atoms with Gasteiger partial charge in [0.2, 0.25) is 5.91 Å². The van der Waals surface area contributed by atoms with E-state index in [9.17, 15) is 9.18 Å². The van der Waals surface area contributed by atoms with Crippen molar-refractivity contribution >= 4 is 27.5 Å². The quantitative estimate of drug-likeness (QED) is 0.823. The minimum Gasteiger partial charge on any atom is -0.326 e. The van der Waals surface area contributed by atoms with E-state index in [1.165, 1.54) is 25.3 Å². The van der Waals surface area contributed by atoms with Gasteiger partial charge in [0, 0.05) is 11.6 Å². The molecule has 1 aromatic rings. The molecule has 1 amide bonds. The van der Waals surface area contributed by atoms with Gasteiger partial charge in [0.15, 0.2) is 0 Å². The maximum Gasteiger partial charge on any atom is 0.227 e. The normalized spacial score (nSPS) is 17.6. The van der Waals surface area contributed by atoms with Crippen molar-refractivity contribution in [2.45, 2.75) is 44.9 Å². The second-order valence-corrected chi connectivity index (χ2v) is 6.01. The Morgan fingerprint density at radius 1 is 1.16 bits per heavy atom. The number of amides is 1. The van der Waals surface area contributed by atoms with Gasteiger partial charge in [-0.25, -0.2) is 4.39 Å². The SMILES string of the molecule is O=C(Nc1ccc(F)c(Br)c1)C1CCCCCCC1. The summed E-state index contributed by atoms with van der Waals surface area (Å²) in [5, 5.41) is 2.89. The van der Waals surface area contributed by atoms with Gasteiger partial charge < -0.3 is 5.32 Å². The largest absolute Gasteiger partial charge is 0.326 e. The van der Waals surface area contributed by atoms with E-state index < -0.39 is 0 Å². The monoisotopic (exact) mass is 327 g/mol. The zero-order valence-electron chi connectivity index (χ0n) is 10.9. The Labute approximate surface area is 121 Å². The molecule has 0 bridgehead atoms. The van der Waals surface area contributed by atoms with Crippen molar-refractivity contribution in [2.75, 3.05) is 5.32 Å². The smallest absolute Gasteiger partial charge is 0.227 e. The van der Waals surface area contributed by atoms with Gasteiger partial charge in [-0.1, -0.05) is 32.1 Å². The third-order valence-corrected chi connectivity index (χ3v) is 4.27. The van der Waals surface area contributed by atoms with Gasteiger partial charge in [0.05, 0.1) is 4.47 Å². The zero-order valence-corrected chi connectivity index (χ0v) is 12.5. The summed E-state index contributed by atoms with van der Waals surface area (Å²) in [5.74, 6) is -0.145. The van der Waals surface area contributed by atoms with Crippen LogP contribution >= 0.6 is 15.9 Å². The maximum atomic E-state index is 13.1. The molecule has 2 nitrogen and oxygen atoms in total. The molecule has 1 fully saturated rings. The summed E-state index contributed by atoms with van der Waals surface area (Å²) in [5.41, 5.74) is 0.653. The van der Waals surface area contributed by atoms with E-state index in [0.717, 1.165) is 25.7 Å². The summed E-state index contributed by atoms with van der Waals surface area (Å²) in [4.78, 5) is 12.2. The summed E-state index contributed by atoms with van der Waals surface area (Å²) >= 11 is 3.13. The number of hydrogen-bond acceptors (Lipinski definition) is 1. The molecule has 0 unspecified atom stereocenters. The van der Waals surface area contributed by atoms with Crippen LogP contribution in [0.5, 0.6) is 0 Å². The molecule has 1 aliphatic carbocycles. The minimum absolute atomic E-state index is 0.0698. The van der Waals surface area contributed by atoms with E-state index in [2.05, 4.69) is 21.2 Å². The van der Waals surface area contributed by atoms with E-state index >= 15 is 0 Å². The number of hydrogen-bond donors (Lipinski definition) is 1. The summed E-state index contributed by atoms with van der Waals surface area (Å²) in [7, 11) is 0. The molecule has 0 aromatic heterocycles. The highest BCUT2D eigenvalue weighted by Gasteiger charge is 2.19. The lowest BCUT2D eigenvalue weighted by Gasteiger charge is -2.19. The maximum absolute atomic E-state index is 13.1. The first-order valence-corrected chi connectivity index (χ1v) is 7.72. The second kappa shape index (κ2) is 7.04. The van der Waals surface area contributed by atoms with Crippen LogP contribution < -0.4 is 5.32 Å². The summed E-state index contributed by atoms with van der Waals surface area (Å²) in [6.07, 6.45) is 7.94. The van der Waals surface area contributed by atoms with Crippen LogP contribution in [0.2, 0.25) is 0 Å². The van der Waals surface area contributed by atoms with Gasteiger partial charge in [-0.2, -0.15) is 0 Å². The van der Waals surface area contributed by atoms with Crippen molar-refractivity contribution in [3.05, 3.63) is 28.5 Å². The molecule has 0 saturated heterocycles. The molecular weight excluding hydrogens is 309 g/mol. The van der Waals surface area contributed by atoms with E-state index in [0.29, 0.717) is 10.2 Å². The van der Waals surface area contributed by atoms with Crippen molar-refractivity contribution in [3.63, 3.8) is 0 Å². The Kier molecular flexibility index (Phi) is 5.37. The predicted octanol–water partition coefficient (Wildman–Crippen LogP) is 4.89. The molecule has 1 aromatic carbocycles. The summed E-state index contributed by atoms with van der Waals surface area (Å²) < 4.78 is 13.5. The van der Waals surface area contributed by atoms with E-state index in [1.54, 1.807) is 12.1 Å². The number of carbonyl (C=O) groups excluding carboxylic acids is 1. The van der Waals surface area contributed by atoms with Crippen molar-refractivity contribution in [3.8, 4) is 0 Å². The number of anilines is 1. The number of carbonyl (C=O) groups is 1. The lowest BCUT2D eigenvalue weighted by atomic mass is 9.90. The molecule has 0 atom stereocenters. The van der Waals surface area contributed by atoms with Gasteiger partial charge in [-0.3, -0.25) is 4.79 Å². The molecule has 0 radical (unpaired) electrons. The molecule has 0 aliphatic heterocycles. The first kappa shape index (κ1) is 14.5. The van der Waals surface area contributed by atoms with Crippen LogP contribution in [-0.4, -0.2) is 5.91 Å². The summed E-state index contributed by atoms with van der Waals surface area (Å²) in [6.45, 7) is 0. The standard InChI is InChI=1S/C15H19BrFNO/c16-13-10-12(8-9-14(13)17)18-15(19)11-6-4-2-1-3-5-7-11/h8-11H,1-7H2,(H,18,19). The van der Waals surface area contributed by atoms with E-state index in [-0.39, 0.29) is 17.6 Å². The van der Waals surface area contributed by atoms with E-state index in [1.807, 2.05) is 0 Å². The molecule has 19 heavy (non-hydrogen) atoms. The van der Waals surface area contributed by atoms with Crippen LogP contribution in [0.4, 0.5) is 10.1 Å². The molecule has 0 heterocycles. The fourth-order valence-electron chi connectivity index (χ4n) is 2.54. The van der Waals surface area contributed by atoms with Gasteiger partial charge in [-0.15, -0.1) is 0 Å². The van der Waals surface area contributed by atoms with Gasteiger partial charge in [0.25, 0.3) is 0 Å². The summed E-state index contributed by atoms with van der Waals surface area (Å²) in [6, 6.07) is 4.56. The average molecular weight is 328 g/mol. The molecule has 4 heteroatoms. The highest BCUT2D eigenvalue weighted by atomic mass is 79.9. The van der Waals surface area contributed by atoms with Crippen molar-refractivity contribution in [1.29, 1.82) is 0 Å². The Morgan fingerprint density at radius 3 is 2.42 bits per heavy atom. The molecule has 2 rings (SSSR count). The topological polar surface area (TPSA) is 29.1 Å². The first-order valence-electron chi connectivity index (χ1n) is 6.93. The highest BCUT2D eigenvalue weighted by molar-refractivity contribution is 9.10. The van der Waals surface area contributed by atoms with E-state index in [4.69, 9.17) is 0 Å². The molecular formula is C15H19BrFNO. The molecule has 1 saturated carbocycles. The Bertz CT molecular complexity index is 442. The Morgan fingerprint density at radius 2 is 1.79 bits per heavy atom. The lowest BCUT2D eigenvalue weighted by Crippen LogP contribution is -2.23. The van der Waals surface area contributed by atoms with Crippen molar-refractivity contribution in [1.82, 2.24) is 0 Å². The van der Waals surface area contributed by atoms with Crippen LogP contribution in [-0.2, 0) is 4.79 Å². The molecule has 1 N–H and O–H groups in total. The minimum atomic E-state index is -0.316. The third-order valence-electron chi connectivity index (χ3n) is 3.66. The highest BCUT2D eigenvalue weighted by Crippen LogP contribution is 2.25. The fraction of sp³-hybridized carbons (Fsp3) is 0.533.